The number of hydrogen-bond acceptors (Lipinski definition) is 6. The largest absolute Gasteiger partial charge is 0.468 e. The van der Waals surface area contributed by atoms with E-state index in [1.54, 1.807) is 6.26 Å². The zero-order valence-corrected chi connectivity index (χ0v) is 21.8. The van der Waals surface area contributed by atoms with Crippen LogP contribution in [0, 0.1) is 19.8 Å². The van der Waals surface area contributed by atoms with Gasteiger partial charge in [0.25, 0.3) is 5.56 Å². The first-order chi connectivity index (χ1) is 16.6. The lowest BCUT2D eigenvalue weighted by atomic mass is 9.97. The fraction of sp³-hybridized carbons (Fsp3) is 0.481. The molecule has 3 aromatic heterocycles. The number of furan rings is 1. The summed E-state index contributed by atoms with van der Waals surface area (Å²) in [7, 11) is 0. The summed E-state index contributed by atoms with van der Waals surface area (Å²) in [5, 5.41) is 13.9. The van der Waals surface area contributed by atoms with E-state index in [9.17, 15) is 4.79 Å². The van der Waals surface area contributed by atoms with Crippen molar-refractivity contribution in [3.05, 3.63) is 75.2 Å². The number of H-pyrrole nitrogens is 1. The number of tetrazole rings is 1. The molecule has 1 atom stereocenters. The normalized spacial score (nSPS) is 13.3. The maximum atomic E-state index is 13.2. The molecule has 0 spiro atoms. The van der Waals surface area contributed by atoms with Crippen molar-refractivity contribution in [3.63, 3.8) is 0 Å². The highest BCUT2D eigenvalue weighted by atomic mass is 16.3. The van der Waals surface area contributed by atoms with Gasteiger partial charge < -0.3 is 9.40 Å². The molecule has 0 fully saturated rings. The van der Waals surface area contributed by atoms with Crippen molar-refractivity contribution in [2.75, 3.05) is 0 Å². The topological polar surface area (TPSA) is 92.8 Å². The van der Waals surface area contributed by atoms with E-state index < -0.39 is 0 Å². The van der Waals surface area contributed by atoms with Gasteiger partial charge in [-0.15, -0.1) is 5.10 Å². The third kappa shape index (κ3) is 4.93. The lowest BCUT2D eigenvalue weighted by molar-refractivity contribution is 0.109. The minimum absolute atomic E-state index is 0.0772. The first-order valence-corrected chi connectivity index (χ1v) is 12.3. The lowest BCUT2D eigenvalue weighted by Gasteiger charge is -2.35. The number of fused-ring (bicyclic) bond motifs is 1. The highest BCUT2D eigenvalue weighted by Crippen LogP contribution is 2.33. The number of hydrogen-bond donors (Lipinski definition) is 1. The molecule has 0 aliphatic heterocycles. The first kappa shape index (κ1) is 24.9. The number of nitrogens with one attached hydrogen (secondary N) is 1. The molecule has 4 rings (SSSR count). The number of pyridine rings is 1. The molecule has 0 saturated heterocycles. The Hall–Kier alpha value is -3.26. The van der Waals surface area contributed by atoms with Gasteiger partial charge in [0.15, 0.2) is 5.82 Å². The third-order valence-corrected chi connectivity index (χ3v) is 7.16. The number of aromatic nitrogens is 5. The van der Waals surface area contributed by atoms with Crippen LogP contribution in [0.15, 0.2) is 45.8 Å². The molecule has 0 radical (unpaired) electrons. The van der Waals surface area contributed by atoms with Crippen molar-refractivity contribution in [1.82, 2.24) is 30.1 Å². The zero-order valence-electron chi connectivity index (χ0n) is 21.8. The summed E-state index contributed by atoms with van der Waals surface area (Å²) >= 11 is 0. The van der Waals surface area contributed by atoms with Crippen LogP contribution < -0.4 is 5.56 Å². The molecule has 8 heteroatoms. The van der Waals surface area contributed by atoms with E-state index >= 15 is 0 Å². The van der Waals surface area contributed by atoms with Crippen LogP contribution in [0.2, 0.25) is 0 Å². The second-order valence-corrected chi connectivity index (χ2v) is 10.4. The molecule has 0 aliphatic carbocycles. The van der Waals surface area contributed by atoms with Gasteiger partial charge in [-0.1, -0.05) is 32.9 Å². The van der Waals surface area contributed by atoms with Crippen molar-refractivity contribution < 1.29 is 4.42 Å². The number of aromatic amines is 1. The molecule has 4 aromatic rings. The first-order valence-electron chi connectivity index (χ1n) is 12.3. The maximum Gasteiger partial charge on any atom is 0.252 e. The van der Waals surface area contributed by atoms with Crippen molar-refractivity contribution >= 4 is 10.9 Å². The standard InChI is InChI=1S/C27H36N6O2/c1-8-27(6,7)33-25(29-30-31-33)24(17(2)3)32(16-22-10-9-13-35-22)15-21-14-20-12-11-18(4)19(5)23(20)28-26(21)34/h9-14,17,24H,8,15-16H2,1-7H3,(H,28,34)/t24-/m0/s1. The fourth-order valence-electron chi connectivity index (χ4n) is 4.60. The van der Waals surface area contributed by atoms with Gasteiger partial charge in [0.05, 0.1) is 29.9 Å². The molecule has 0 amide bonds. The molecular formula is C27H36N6O2. The number of aryl methyl sites for hydroxylation is 2. The quantitative estimate of drug-likeness (QED) is 0.354. The minimum Gasteiger partial charge on any atom is -0.468 e. The van der Waals surface area contributed by atoms with Gasteiger partial charge >= 0.3 is 0 Å². The van der Waals surface area contributed by atoms with Gasteiger partial charge in [0, 0.05) is 12.1 Å². The molecule has 0 aliphatic rings. The molecule has 8 nitrogen and oxygen atoms in total. The van der Waals surface area contributed by atoms with Gasteiger partial charge in [-0.05, 0) is 85.2 Å². The minimum atomic E-state index is -0.238. The Morgan fingerprint density at radius 2 is 1.94 bits per heavy atom. The predicted molar refractivity (Wildman–Crippen MR) is 137 cm³/mol. The summed E-state index contributed by atoms with van der Waals surface area (Å²) in [6.07, 6.45) is 2.56. The molecule has 35 heavy (non-hydrogen) atoms. The number of nitrogens with zero attached hydrogens (tertiary/aromatic N) is 5. The molecule has 0 unspecified atom stereocenters. The van der Waals surface area contributed by atoms with E-state index in [-0.39, 0.29) is 23.1 Å². The Balaban J connectivity index is 1.81. The summed E-state index contributed by atoms with van der Waals surface area (Å²) in [5.41, 5.74) is 3.53. The van der Waals surface area contributed by atoms with E-state index in [0.717, 1.165) is 40.0 Å². The second-order valence-electron chi connectivity index (χ2n) is 10.4. The van der Waals surface area contributed by atoms with Crippen LogP contribution in [-0.4, -0.2) is 30.1 Å². The Labute approximate surface area is 206 Å². The van der Waals surface area contributed by atoms with Gasteiger partial charge in [0.2, 0.25) is 0 Å². The fourth-order valence-corrected chi connectivity index (χ4v) is 4.60. The van der Waals surface area contributed by atoms with E-state index in [1.807, 2.05) is 29.8 Å². The van der Waals surface area contributed by atoms with Crippen molar-refractivity contribution in [3.8, 4) is 0 Å². The summed E-state index contributed by atoms with van der Waals surface area (Å²) in [6.45, 7) is 15.8. The molecule has 0 bridgehead atoms. The SMILES string of the molecule is CCC(C)(C)n1nnnc1[C@H](C(C)C)N(Cc1ccco1)Cc1cc2ccc(C)c(C)c2[nH]c1=O. The lowest BCUT2D eigenvalue weighted by Crippen LogP contribution is -2.38. The van der Waals surface area contributed by atoms with E-state index in [2.05, 4.69) is 79.1 Å². The summed E-state index contributed by atoms with van der Waals surface area (Å²) < 4.78 is 7.65. The van der Waals surface area contributed by atoms with E-state index in [4.69, 9.17) is 4.42 Å². The van der Waals surface area contributed by atoms with Crippen LogP contribution in [0.3, 0.4) is 0 Å². The van der Waals surface area contributed by atoms with Crippen LogP contribution in [0.5, 0.6) is 0 Å². The zero-order chi connectivity index (χ0) is 25.3. The van der Waals surface area contributed by atoms with Crippen LogP contribution in [0.25, 0.3) is 10.9 Å². The molecule has 1 N–H and O–H groups in total. The molecular weight excluding hydrogens is 440 g/mol. The Kier molecular flexibility index (Phi) is 6.94. The van der Waals surface area contributed by atoms with Gasteiger partial charge in [-0.3, -0.25) is 9.69 Å². The molecule has 1 aromatic carbocycles. The van der Waals surface area contributed by atoms with Crippen LogP contribution >= 0.6 is 0 Å². The second kappa shape index (κ2) is 9.77. The van der Waals surface area contributed by atoms with Crippen LogP contribution in [-0.2, 0) is 18.6 Å². The molecule has 186 valence electrons. The van der Waals surface area contributed by atoms with Crippen LogP contribution in [0.4, 0.5) is 0 Å². The van der Waals surface area contributed by atoms with Crippen LogP contribution in [0.1, 0.15) is 75.4 Å². The average molecular weight is 477 g/mol. The molecule has 0 saturated carbocycles. The summed E-state index contributed by atoms with van der Waals surface area (Å²) in [4.78, 5) is 18.6. The van der Waals surface area contributed by atoms with Gasteiger partial charge in [0.1, 0.15) is 5.76 Å². The maximum absolute atomic E-state index is 13.2. The summed E-state index contributed by atoms with van der Waals surface area (Å²) in [6, 6.07) is 9.88. The van der Waals surface area contributed by atoms with Crippen molar-refractivity contribution in [1.29, 1.82) is 0 Å². The van der Waals surface area contributed by atoms with Crippen molar-refractivity contribution in [2.24, 2.45) is 5.92 Å². The van der Waals surface area contributed by atoms with E-state index in [1.165, 1.54) is 0 Å². The van der Waals surface area contributed by atoms with E-state index in [0.29, 0.717) is 18.7 Å². The average Bonchev–Trinajstić information content (AvgIpc) is 3.50. The number of benzene rings is 1. The Bertz CT molecular complexity index is 1350. The monoisotopic (exact) mass is 476 g/mol. The Morgan fingerprint density at radius 1 is 1.17 bits per heavy atom. The van der Waals surface area contributed by atoms with Gasteiger partial charge in [-0.2, -0.15) is 0 Å². The number of rotatable bonds is 9. The summed E-state index contributed by atoms with van der Waals surface area (Å²) in [5.74, 6) is 1.81. The Morgan fingerprint density at radius 3 is 2.60 bits per heavy atom. The highest BCUT2D eigenvalue weighted by molar-refractivity contribution is 5.83. The molecule has 3 heterocycles. The van der Waals surface area contributed by atoms with Gasteiger partial charge in [-0.25, -0.2) is 4.68 Å². The third-order valence-electron chi connectivity index (χ3n) is 7.16. The smallest absolute Gasteiger partial charge is 0.252 e. The highest BCUT2D eigenvalue weighted by Gasteiger charge is 2.34. The van der Waals surface area contributed by atoms with Crippen molar-refractivity contribution in [2.45, 2.75) is 79.6 Å². The predicted octanol–water partition coefficient (Wildman–Crippen LogP) is 5.27.